The summed E-state index contributed by atoms with van der Waals surface area (Å²) in [7, 11) is 0. The molecule has 8 heteroatoms. The number of phenols is 1. The first-order valence-electron chi connectivity index (χ1n) is 8.29. The number of rotatable bonds is 2. The Morgan fingerprint density at radius 1 is 1.24 bits per heavy atom. The average molecular weight is 380 g/mol. The molecule has 2 aromatic rings. The fraction of sp³-hybridized carbons (Fsp3) is 0.412. The van der Waals surface area contributed by atoms with Gasteiger partial charge in [-0.05, 0) is 30.5 Å². The van der Waals surface area contributed by atoms with Crippen molar-refractivity contribution in [1.82, 2.24) is 9.78 Å². The van der Waals surface area contributed by atoms with Crippen molar-refractivity contribution in [2.45, 2.75) is 37.0 Å². The summed E-state index contributed by atoms with van der Waals surface area (Å²) >= 11 is 7.43. The Kier molecular flexibility index (Phi) is 4.29. The van der Waals surface area contributed by atoms with Crippen molar-refractivity contribution in [3.05, 3.63) is 44.7 Å². The molecule has 4 rings (SSSR count). The number of aromatic hydroxyl groups is 1. The number of fused-ring (bicyclic) bond motifs is 1. The number of amides is 1. The number of phenolic OH excluding ortho intramolecular Hbond substituents is 1. The van der Waals surface area contributed by atoms with Gasteiger partial charge < -0.3 is 10.4 Å². The highest BCUT2D eigenvalue weighted by Crippen LogP contribution is 2.43. The summed E-state index contributed by atoms with van der Waals surface area (Å²) in [6.07, 6.45) is 4.24. The number of nitrogens with one attached hydrogen (secondary N) is 2. The number of halogens is 1. The fourth-order valence-electron chi connectivity index (χ4n) is 3.63. The molecule has 1 aliphatic carbocycles. The van der Waals surface area contributed by atoms with Gasteiger partial charge in [0.15, 0.2) is 0 Å². The highest BCUT2D eigenvalue weighted by atomic mass is 35.5. The third-order valence-electron chi connectivity index (χ3n) is 4.83. The van der Waals surface area contributed by atoms with Gasteiger partial charge in [0.05, 0.1) is 27.6 Å². The van der Waals surface area contributed by atoms with Crippen molar-refractivity contribution in [2.75, 3.05) is 11.1 Å². The van der Waals surface area contributed by atoms with Crippen LogP contribution in [0.15, 0.2) is 23.0 Å². The van der Waals surface area contributed by atoms with E-state index in [1.165, 1.54) is 17.8 Å². The highest BCUT2D eigenvalue weighted by molar-refractivity contribution is 8.00. The van der Waals surface area contributed by atoms with Crippen LogP contribution in [0.4, 0.5) is 5.82 Å². The third kappa shape index (κ3) is 2.95. The van der Waals surface area contributed by atoms with Gasteiger partial charge in [0.25, 0.3) is 5.56 Å². The molecule has 0 radical (unpaired) electrons. The molecule has 1 aromatic heterocycles. The fourth-order valence-corrected chi connectivity index (χ4v) is 4.93. The molecule has 6 nitrogen and oxygen atoms in total. The van der Waals surface area contributed by atoms with E-state index in [1.807, 2.05) is 4.68 Å². The predicted octanol–water partition coefficient (Wildman–Crippen LogP) is 3.43. The van der Waals surface area contributed by atoms with E-state index in [-0.39, 0.29) is 39.3 Å². The number of hydrogen-bond acceptors (Lipinski definition) is 4. The van der Waals surface area contributed by atoms with Gasteiger partial charge in [0, 0.05) is 0 Å². The molecule has 3 N–H and O–H groups in total. The lowest BCUT2D eigenvalue weighted by atomic mass is 10.1. The van der Waals surface area contributed by atoms with E-state index in [0.29, 0.717) is 11.4 Å². The standard InChI is InChI=1S/C17H18ClN3O3S/c18-11-7-9(5-6-12(11)22)15-14-16(19-13(23)8-25-15)21(20-17(14)24)10-3-1-2-4-10/h5-7,10,15,22H,1-4,8H2,(H,19,23)(H,20,24)/t15-/m0/s1. The van der Waals surface area contributed by atoms with Crippen molar-refractivity contribution in [3.63, 3.8) is 0 Å². The monoisotopic (exact) mass is 379 g/mol. The highest BCUT2D eigenvalue weighted by Gasteiger charge is 2.33. The summed E-state index contributed by atoms with van der Waals surface area (Å²) in [5, 5.41) is 15.4. The van der Waals surface area contributed by atoms with Gasteiger partial charge in [-0.1, -0.05) is 30.5 Å². The van der Waals surface area contributed by atoms with Crippen molar-refractivity contribution in [2.24, 2.45) is 0 Å². The predicted molar refractivity (Wildman–Crippen MR) is 98.6 cm³/mol. The third-order valence-corrected chi connectivity index (χ3v) is 6.40. The lowest BCUT2D eigenvalue weighted by molar-refractivity contribution is -0.113. The van der Waals surface area contributed by atoms with E-state index >= 15 is 0 Å². The number of carbonyl (C=O) groups is 1. The molecular weight excluding hydrogens is 362 g/mol. The van der Waals surface area contributed by atoms with Crippen LogP contribution in [0, 0.1) is 0 Å². The van der Waals surface area contributed by atoms with Gasteiger partial charge in [-0.25, -0.2) is 0 Å². The molecule has 1 aliphatic heterocycles. The Morgan fingerprint density at radius 3 is 2.72 bits per heavy atom. The second-order valence-corrected chi connectivity index (χ2v) is 7.96. The molecule has 132 valence electrons. The van der Waals surface area contributed by atoms with E-state index in [4.69, 9.17) is 11.6 Å². The van der Waals surface area contributed by atoms with Gasteiger partial charge in [0.2, 0.25) is 5.91 Å². The van der Waals surface area contributed by atoms with Gasteiger partial charge in [-0.15, -0.1) is 11.8 Å². The molecule has 2 aliphatic rings. The minimum Gasteiger partial charge on any atom is -0.506 e. The zero-order valence-corrected chi connectivity index (χ0v) is 15.0. The summed E-state index contributed by atoms with van der Waals surface area (Å²) in [5.41, 5.74) is 1.15. The quantitative estimate of drug-likeness (QED) is 0.746. The summed E-state index contributed by atoms with van der Waals surface area (Å²) < 4.78 is 1.84. The molecule has 1 saturated carbocycles. The summed E-state index contributed by atoms with van der Waals surface area (Å²) in [5.74, 6) is 0.698. The number of benzene rings is 1. The summed E-state index contributed by atoms with van der Waals surface area (Å²) in [6, 6.07) is 5.12. The minimum absolute atomic E-state index is 0.00380. The van der Waals surface area contributed by atoms with Crippen LogP contribution in [-0.2, 0) is 4.79 Å². The average Bonchev–Trinajstić information content (AvgIpc) is 3.16. The van der Waals surface area contributed by atoms with Crippen LogP contribution in [0.25, 0.3) is 0 Å². The van der Waals surface area contributed by atoms with Gasteiger partial charge in [-0.2, -0.15) is 0 Å². The first-order chi connectivity index (χ1) is 12.0. The molecular formula is C17H18ClN3O3S. The molecule has 2 heterocycles. The Hall–Kier alpha value is -1.86. The van der Waals surface area contributed by atoms with E-state index in [2.05, 4.69) is 10.4 Å². The van der Waals surface area contributed by atoms with Crippen LogP contribution in [0.2, 0.25) is 5.02 Å². The maximum atomic E-state index is 12.7. The Bertz CT molecular complexity index is 886. The van der Waals surface area contributed by atoms with Crippen LogP contribution in [0.3, 0.4) is 0 Å². The van der Waals surface area contributed by atoms with E-state index in [0.717, 1.165) is 31.2 Å². The lowest BCUT2D eigenvalue weighted by Gasteiger charge is -2.17. The summed E-state index contributed by atoms with van der Waals surface area (Å²) in [4.78, 5) is 24.9. The van der Waals surface area contributed by atoms with Crippen molar-refractivity contribution in [3.8, 4) is 5.75 Å². The number of thioether (sulfide) groups is 1. The normalized spacial score (nSPS) is 21.0. The topological polar surface area (TPSA) is 87.1 Å². The number of carbonyl (C=O) groups excluding carboxylic acids is 1. The molecule has 0 unspecified atom stereocenters. The summed E-state index contributed by atoms with van der Waals surface area (Å²) in [6.45, 7) is 0. The largest absolute Gasteiger partial charge is 0.506 e. The minimum atomic E-state index is -0.321. The first kappa shape index (κ1) is 16.6. The van der Waals surface area contributed by atoms with Gasteiger partial charge >= 0.3 is 0 Å². The maximum absolute atomic E-state index is 12.7. The number of H-pyrrole nitrogens is 1. The smallest absolute Gasteiger partial charge is 0.270 e. The lowest BCUT2D eigenvalue weighted by Crippen LogP contribution is -2.18. The molecule has 1 aromatic carbocycles. The molecule has 1 amide bonds. The number of hydrogen-bond donors (Lipinski definition) is 3. The zero-order valence-electron chi connectivity index (χ0n) is 13.4. The number of aromatic nitrogens is 2. The zero-order chi connectivity index (χ0) is 17.6. The Labute approximate surface area is 153 Å². The van der Waals surface area contributed by atoms with Crippen LogP contribution in [0.1, 0.15) is 48.1 Å². The number of nitrogens with zero attached hydrogens (tertiary/aromatic N) is 1. The van der Waals surface area contributed by atoms with Crippen molar-refractivity contribution in [1.29, 1.82) is 0 Å². The molecule has 0 bridgehead atoms. The molecule has 1 fully saturated rings. The molecule has 0 spiro atoms. The van der Waals surface area contributed by atoms with Crippen molar-refractivity contribution < 1.29 is 9.90 Å². The maximum Gasteiger partial charge on any atom is 0.270 e. The van der Waals surface area contributed by atoms with Crippen LogP contribution < -0.4 is 10.9 Å². The van der Waals surface area contributed by atoms with Crippen molar-refractivity contribution >= 4 is 35.1 Å². The SMILES string of the molecule is O=C1CS[C@@H](c2ccc(O)c(Cl)c2)c2c(n(C3CCCC3)[nH]c2=O)N1. The first-order valence-corrected chi connectivity index (χ1v) is 9.71. The molecule has 25 heavy (non-hydrogen) atoms. The second kappa shape index (κ2) is 6.46. The van der Waals surface area contributed by atoms with Crippen LogP contribution >= 0.6 is 23.4 Å². The Balaban J connectivity index is 1.84. The molecule has 1 atom stereocenters. The van der Waals surface area contributed by atoms with Crippen LogP contribution in [0.5, 0.6) is 5.75 Å². The number of aromatic amines is 1. The van der Waals surface area contributed by atoms with E-state index in [1.54, 1.807) is 12.1 Å². The van der Waals surface area contributed by atoms with E-state index < -0.39 is 0 Å². The second-order valence-electron chi connectivity index (χ2n) is 6.46. The van der Waals surface area contributed by atoms with Crippen LogP contribution in [-0.4, -0.2) is 26.5 Å². The number of anilines is 1. The van der Waals surface area contributed by atoms with Gasteiger partial charge in [-0.3, -0.25) is 19.4 Å². The van der Waals surface area contributed by atoms with Gasteiger partial charge in [0.1, 0.15) is 11.6 Å². The molecule has 0 saturated heterocycles. The Morgan fingerprint density at radius 2 is 2.00 bits per heavy atom. The van der Waals surface area contributed by atoms with E-state index in [9.17, 15) is 14.7 Å².